The Morgan fingerprint density at radius 3 is 2.33 bits per heavy atom. The zero-order valence-corrected chi connectivity index (χ0v) is 36.3. The molecular formula is C48H75N5S. The Balaban J connectivity index is 0.00000106. The largest absolute Gasteiger partial charge is 0.394 e. The second-order valence-electron chi connectivity index (χ2n) is 14.9. The molecule has 3 atom stereocenters. The van der Waals surface area contributed by atoms with Crippen LogP contribution in [0.3, 0.4) is 0 Å². The van der Waals surface area contributed by atoms with E-state index >= 15 is 0 Å². The minimum absolute atomic E-state index is 0.124. The molecule has 0 radical (unpaired) electrons. The van der Waals surface area contributed by atoms with E-state index in [1.165, 1.54) is 59.8 Å². The molecule has 3 aliphatic rings. The summed E-state index contributed by atoms with van der Waals surface area (Å²) in [5, 5.41) is 13.6. The molecule has 1 aromatic heterocycles. The maximum Gasteiger partial charge on any atom is 0.0941 e. The van der Waals surface area contributed by atoms with Crippen molar-refractivity contribution in [1.29, 1.82) is 0 Å². The lowest BCUT2D eigenvalue weighted by molar-refractivity contribution is 0.355. The Morgan fingerprint density at radius 1 is 1.09 bits per heavy atom. The third-order valence-corrected chi connectivity index (χ3v) is 11.1. The Bertz CT molecular complexity index is 1550. The van der Waals surface area contributed by atoms with Crippen LogP contribution in [-0.4, -0.2) is 42.6 Å². The van der Waals surface area contributed by atoms with Crippen molar-refractivity contribution in [3.8, 4) is 0 Å². The number of hydrogen-bond donors (Lipinski definition) is 3. The van der Waals surface area contributed by atoms with Gasteiger partial charge in [-0.25, -0.2) is 4.98 Å². The van der Waals surface area contributed by atoms with Crippen LogP contribution >= 0.6 is 11.8 Å². The number of hydrogen-bond acceptors (Lipinski definition) is 6. The van der Waals surface area contributed by atoms with Gasteiger partial charge in [-0.2, -0.15) is 0 Å². The molecule has 2 heterocycles. The summed E-state index contributed by atoms with van der Waals surface area (Å²) >= 11 is 1.69. The highest BCUT2D eigenvalue weighted by atomic mass is 32.2. The maximum atomic E-state index is 5.12. The molecule has 54 heavy (non-hydrogen) atoms. The molecule has 1 aliphatic heterocycles. The average molecular weight is 754 g/mol. The Morgan fingerprint density at radius 2 is 1.74 bits per heavy atom. The van der Waals surface area contributed by atoms with Crippen molar-refractivity contribution in [3.05, 3.63) is 134 Å². The lowest BCUT2D eigenvalue weighted by atomic mass is 9.96. The van der Waals surface area contributed by atoms with Gasteiger partial charge in [0.2, 0.25) is 0 Å². The van der Waals surface area contributed by atoms with Gasteiger partial charge >= 0.3 is 0 Å². The first-order chi connectivity index (χ1) is 25.9. The molecule has 0 bridgehead atoms. The highest BCUT2D eigenvalue weighted by molar-refractivity contribution is 8.10. The molecule has 2 saturated carbocycles. The van der Waals surface area contributed by atoms with Gasteiger partial charge in [-0.05, 0) is 118 Å². The van der Waals surface area contributed by atoms with Gasteiger partial charge in [0.1, 0.15) is 0 Å². The number of fused-ring (bicyclic) bond motifs is 2. The minimum atomic E-state index is 0.124. The lowest BCUT2D eigenvalue weighted by Gasteiger charge is -2.29. The molecule has 2 unspecified atom stereocenters. The van der Waals surface area contributed by atoms with Crippen LogP contribution in [0.1, 0.15) is 101 Å². The predicted octanol–water partition coefficient (Wildman–Crippen LogP) is 12.4. The molecule has 0 amide bonds. The third-order valence-electron chi connectivity index (χ3n) is 10.1. The molecule has 298 valence electrons. The van der Waals surface area contributed by atoms with E-state index in [0.29, 0.717) is 17.9 Å². The van der Waals surface area contributed by atoms with Gasteiger partial charge in [0, 0.05) is 42.7 Å². The zero-order chi connectivity index (χ0) is 40.8. The van der Waals surface area contributed by atoms with Crippen LogP contribution in [0.2, 0.25) is 0 Å². The van der Waals surface area contributed by atoms with Crippen LogP contribution in [0.15, 0.2) is 112 Å². The summed E-state index contributed by atoms with van der Waals surface area (Å²) in [5.41, 5.74) is 8.37. The summed E-state index contributed by atoms with van der Waals surface area (Å²) < 4.78 is 0. The molecule has 5 rings (SSSR count). The van der Waals surface area contributed by atoms with Crippen molar-refractivity contribution >= 4 is 27.6 Å². The van der Waals surface area contributed by atoms with E-state index < -0.39 is 0 Å². The standard InChI is InChI=1S/C37H52N4S.C4H8.C3H7N.2C2H4/c1-24(2)26(4)23-42-29(7)35-21-31(33-19-18-25(3)27(5)37(33)40-35)16-14-17-34-28(6)38-36-22-32(36)15-12-10-11-13-20-41(9)30(8)39-34;1-4-2-3-4;1-3-4-2;2*1-2/h12,15,18-19,21,23-24,32,34,36,38-39H,6-8,10-11,13-14,16-17,20,22H2,1-5,9H3;4H,2-3H2,1H3;3-4H,1H2,2H3;2*1-2H2/b15-12-,26-23+;;;;/t32-,34?,36?;;;;/m1..../s1. The number of allylic oxidation sites excluding steroid dienone is 2. The molecule has 5 nitrogen and oxygen atoms in total. The van der Waals surface area contributed by atoms with Gasteiger partial charge in [0.05, 0.1) is 23.1 Å². The first-order valence-corrected chi connectivity index (χ1v) is 20.7. The SMILES string of the molecule is C=C.C=C.C=C(S/C=C(\C)C(C)C)c1cc(CCCC2NC(=C)N(C)CCCC/C=C\[C@@H]3CC3NC2=C)c2ccc(C)c(C)c2n1.C=CNC.CC1CC1. The number of rotatable bonds is 9. The van der Waals surface area contributed by atoms with Gasteiger partial charge in [-0.3, -0.25) is 0 Å². The lowest BCUT2D eigenvalue weighted by Crippen LogP contribution is -2.41. The van der Waals surface area contributed by atoms with Crippen molar-refractivity contribution in [2.75, 3.05) is 20.6 Å². The number of thioether (sulfide) groups is 1. The Kier molecular flexibility index (Phi) is 23.2. The smallest absolute Gasteiger partial charge is 0.0941 e. The zero-order valence-electron chi connectivity index (χ0n) is 35.5. The summed E-state index contributed by atoms with van der Waals surface area (Å²) in [5.74, 6) is 3.22. The number of benzene rings is 1. The van der Waals surface area contributed by atoms with Crippen molar-refractivity contribution in [3.63, 3.8) is 0 Å². The monoisotopic (exact) mass is 754 g/mol. The minimum Gasteiger partial charge on any atom is -0.394 e. The van der Waals surface area contributed by atoms with Crippen LogP contribution in [0.5, 0.6) is 0 Å². The second kappa shape index (κ2) is 26.0. The predicted molar refractivity (Wildman–Crippen MR) is 245 cm³/mol. The van der Waals surface area contributed by atoms with Gasteiger partial charge in [0.25, 0.3) is 0 Å². The van der Waals surface area contributed by atoms with E-state index in [0.717, 1.165) is 65.8 Å². The van der Waals surface area contributed by atoms with Gasteiger partial charge < -0.3 is 20.9 Å². The molecule has 0 saturated heterocycles. The molecule has 2 aromatic rings. The number of nitrogens with one attached hydrogen (secondary N) is 3. The van der Waals surface area contributed by atoms with Crippen molar-refractivity contribution < 1.29 is 0 Å². The van der Waals surface area contributed by atoms with Crippen LogP contribution in [0.4, 0.5) is 0 Å². The van der Waals surface area contributed by atoms with E-state index in [9.17, 15) is 0 Å². The Labute approximate surface area is 336 Å². The van der Waals surface area contributed by atoms with Crippen LogP contribution < -0.4 is 16.0 Å². The number of pyridine rings is 1. The summed E-state index contributed by atoms with van der Waals surface area (Å²) in [6.07, 6.45) is 17.1. The second-order valence-corrected chi connectivity index (χ2v) is 15.8. The van der Waals surface area contributed by atoms with E-state index in [2.05, 4.69) is 158 Å². The summed E-state index contributed by atoms with van der Waals surface area (Å²) in [7, 11) is 3.95. The first kappa shape index (κ1) is 48.1. The van der Waals surface area contributed by atoms with Crippen LogP contribution in [0, 0.1) is 31.6 Å². The van der Waals surface area contributed by atoms with E-state index in [1.54, 1.807) is 18.0 Å². The number of aromatic nitrogens is 1. The first-order valence-electron chi connectivity index (χ1n) is 19.8. The molecule has 2 aliphatic carbocycles. The van der Waals surface area contributed by atoms with Crippen molar-refractivity contribution in [1.82, 2.24) is 25.8 Å². The van der Waals surface area contributed by atoms with E-state index in [4.69, 9.17) is 4.98 Å². The van der Waals surface area contributed by atoms with E-state index in [-0.39, 0.29) is 6.04 Å². The topological polar surface area (TPSA) is 52.2 Å². The normalized spacial score (nSPS) is 20.2. The molecule has 3 N–H and O–H groups in total. The Hall–Kier alpha value is -3.90. The number of nitrogens with zero attached hydrogens (tertiary/aromatic N) is 2. The summed E-state index contributed by atoms with van der Waals surface area (Å²) in [6.45, 7) is 43.0. The van der Waals surface area contributed by atoms with E-state index in [1.807, 2.05) is 7.05 Å². The third kappa shape index (κ3) is 17.1. The fourth-order valence-corrected chi connectivity index (χ4v) is 6.39. The quantitative estimate of drug-likeness (QED) is 0.222. The summed E-state index contributed by atoms with van der Waals surface area (Å²) in [4.78, 5) is 8.37. The fraction of sp³-hybridized carbons (Fsp3) is 0.479. The van der Waals surface area contributed by atoms with Crippen molar-refractivity contribution in [2.24, 2.45) is 17.8 Å². The number of aryl methyl sites for hydroxylation is 3. The molecule has 6 heteroatoms. The molecule has 2 fully saturated rings. The van der Waals surface area contributed by atoms with Gasteiger partial charge in [-0.1, -0.05) is 102 Å². The molecule has 1 aromatic carbocycles. The summed E-state index contributed by atoms with van der Waals surface area (Å²) in [6, 6.07) is 7.38. The average Bonchev–Trinajstić information content (AvgIpc) is 4.12. The van der Waals surface area contributed by atoms with Gasteiger partial charge in [-0.15, -0.1) is 26.3 Å². The fourth-order valence-electron chi connectivity index (χ4n) is 5.57. The highest BCUT2D eigenvalue weighted by Crippen LogP contribution is 2.35. The maximum absolute atomic E-state index is 5.12. The highest BCUT2D eigenvalue weighted by Gasteiger charge is 2.35. The molecular weight excluding hydrogens is 679 g/mol. The van der Waals surface area contributed by atoms with Gasteiger partial charge in [0.15, 0.2) is 0 Å². The molecule has 0 spiro atoms. The van der Waals surface area contributed by atoms with Crippen molar-refractivity contribution in [2.45, 2.75) is 111 Å². The van der Waals surface area contributed by atoms with Crippen LogP contribution in [0.25, 0.3) is 15.8 Å². The van der Waals surface area contributed by atoms with Crippen LogP contribution in [-0.2, 0) is 6.42 Å².